The number of hydrogen-bond donors (Lipinski definition) is 2. The van der Waals surface area contributed by atoms with Gasteiger partial charge in [0.05, 0.1) is 38.3 Å². The molecule has 0 aliphatic carbocycles. The first-order valence-electron chi connectivity index (χ1n) is 7.95. The number of nitrogens with zero attached hydrogens (tertiary/aromatic N) is 1. The van der Waals surface area contributed by atoms with Gasteiger partial charge in [0, 0.05) is 12.3 Å². The third-order valence-corrected chi connectivity index (χ3v) is 3.70. The summed E-state index contributed by atoms with van der Waals surface area (Å²) in [4.78, 5) is 16.4. The van der Waals surface area contributed by atoms with Crippen LogP contribution in [0.5, 0.6) is 11.5 Å². The molecule has 0 radical (unpaired) electrons. The third-order valence-electron chi connectivity index (χ3n) is 3.70. The SMILES string of the molecule is COc1ccc(Nc2ccc(C(=O)NCc3ccco3)cn2)c(OC)c1. The second kappa shape index (κ2) is 8.06. The number of amides is 1. The first kappa shape index (κ1) is 17.3. The zero-order valence-electron chi connectivity index (χ0n) is 14.5. The van der Waals surface area contributed by atoms with Crippen LogP contribution in [0.25, 0.3) is 0 Å². The van der Waals surface area contributed by atoms with Gasteiger partial charge in [-0.1, -0.05) is 0 Å². The minimum absolute atomic E-state index is 0.220. The van der Waals surface area contributed by atoms with Crippen LogP contribution >= 0.6 is 0 Å². The molecule has 0 fully saturated rings. The molecule has 0 bridgehead atoms. The fourth-order valence-corrected chi connectivity index (χ4v) is 2.32. The minimum Gasteiger partial charge on any atom is -0.497 e. The van der Waals surface area contributed by atoms with Gasteiger partial charge in [0.1, 0.15) is 23.1 Å². The molecule has 2 heterocycles. The number of benzene rings is 1. The van der Waals surface area contributed by atoms with Gasteiger partial charge in [-0.25, -0.2) is 4.98 Å². The lowest BCUT2D eigenvalue weighted by Crippen LogP contribution is -2.22. The molecule has 26 heavy (non-hydrogen) atoms. The van der Waals surface area contributed by atoms with Crippen molar-refractivity contribution in [3.63, 3.8) is 0 Å². The summed E-state index contributed by atoms with van der Waals surface area (Å²) in [5, 5.41) is 5.93. The molecule has 2 aromatic heterocycles. The van der Waals surface area contributed by atoms with Crippen LogP contribution in [0, 0.1) is 0 Å². The Kier molecular flexibility index (Phi) is 5.38. The number of carbonyl (C=O) groups excluding carboxylic acids is 1. The lowest BCUT2D eigenvalue weighted by Gasteiger charge is -2.12. The van der Waals surface area contributed by atoms with E-state index in [2.05, 4.69) is 15.6 Å². The minimum atomic E-state index is -0.220. The van der Waals surface area contributed by atoms with Crippen LogP contribution in [-0.4, -0.2) is 25.1 Å². The number of nitrogens with one attached hydrogen (secondary N) is 2. The van der Waals surface area contributed by atoms with Crippen molar-refractivity contribution >= 4 is 17.4 Å². The molecule has 0 aliphatic heterocycles. The number of pyridine rings is 1. The van der Waals surface area contributed by atoms with Gasteiger partial charge in [-0.05, 0) is 36.4 Å². The van der Waals surface area contributed by atoms with Crippen LogP contribution in [-0.2, 0) is 6.54 Å². The Labute approximate surface area is 151 Å². The highest BCUT2D eigenvalue weighted by atomic mass is 16.5. The summed E-state index contributed by atoms with van der Waals surface area (Å²) in [5.41, 5.74) is 1.21. The van der Waals surface area contributed by atoms with Gasteiger partial charge in [-0.2, -0.15) is 0 Å². The van der Waals surface area contributed by atoms with Crippen LogP contribution in [0.4, 0.5) is 11.5 Å². The molecule has 7 heteroatoms. The van der Waals surface area contributed by atoms with E-state index >= 15 is 0 Å². The molecule has 1 amide bonds. The second-order valence-electron chi connectivity index (χ2n) is 5.39. The number of methoxy groups -OCH3 is 2. The number of furan rings is 1. The summed E-state index contributed by atoms with van der Waals surface area (Å²) in [5.74, 6) is 2.39. The molecular formula is C19H19N3O4. The van der Waals surface area contributed by atoms with Crippen LogP contribution < -0.4 is 20.1 Å². The summed E-state index contributed by atoms with van der Waals surface area (Å²) in [6.07, 6.45) is 3.08. The molecule has 1 aromatic carbocycles. The molecule has 0 saturated carbocycles. The van der Waals surface area contributed by atoms with E-state index < -0.39 is 0 Å². The first-order chi connectivity index (χ1) is 12.7. The van der Waals surface area contributed by atoms with E-state index in [4.69, 9.17) is 13.9 Å². The topological polar surface area (TPSA) is 85.6 Å². The number of rotatable bonds is 7. The second-order valence-corrected chi connectivity index (χ2v) is 5.39. The largest absolute Gasteiger partial charge is 0.497 e. The van der Waals surface area contributed by atoms with Crippen LogP contribution in [0.1, 0.15) is 16.1 Å². The molecular weight excluding hydrogens is 334 g/mol. The van der Waals surface area contributed by atoms with Crippen molar-refractivity contribution < 1.29 is 18.7 Å². The van der Waals surface area contributed by atoms with Crippen molar-refractivity contribution in [3.8, 4) is 11.5 Å². The van der Waals surface area contributed by atoms with Crippen molar-refractivity contribution in [3.05, 3.63) is 66.2 Å². The van der Waals surface area contributed by atoms with Crippen molar-refractivity contribution in [2.75, 3.05) is 19.5 Å². The summed E-state index contributed by atoms with van der Waals surface area (Å²) < 4.78 is 15.7. The van der Waals surface area contributed by atoms with Gasteiger partial charge < -0.3 is 24.5 Å². The zero-order chi connectivity index (χ0) is 18.4. The van der Waals surface area contributed by atoms with E-state index in [0.717, 1.165) is 5.69 Å². The number of aromatic nitrogens is 1. The van der Waals surface area contributed by atoms with Gasteiger partial charge in [0.15, 0.2) is 0 Å². The number of ether oxygens (including phenoxy) is 2. The van der Waals surface area contributed by atoms with Gasteiger partial charge in [-0.15, -0.1) is 0 Å². The van der Waals surface area contributed by atoms with Crippen molar-refractivity contribution in [1.82, 2.24) is 10.3 Å². The first-order valence-corrected chi connectivity index (χ1v) is 7.95. The maximum atomic E-state index is 12.1. The van der Waals surface area contributed by atoms with Gasteiger partial charge in [-0.3, -0.25) is 4.79 Å². The van der Waals surface area contributed by atoms with Crippen LogP contribution in [0.15, 0.2) is 59.3 Å². The van der Waals surface area contributed by atoms with Crippen molar-refractivity contribution in [2.45, 2.75) is 6.54 Å². The Morgan fingerprint density at radius 1 is 1.15 bits per heavy atom. The summed E-state index contributed by atoms with van der Waals surface area (Å²) in [6, 6.07) is 12.4. The van der Waals surface area contributed by atoms with E-state index in [1.165, 1.54) is 6.20 Å². The fourth-order valence-electron chi connectivity index (χ4n) is 2.32. The molecule has 3 aromatic rings. The van der Waals surface area contributed by atoms with Gasteiger partial charge >= 0.3 is 0 Å². The summed E-state index contributed by atoms with van der Waals surface area (Å²) >= 11 is 0. The van der Waals surface area contributed by atoms with Crippen molar-refractivity contribution in [1.29, 1.82) is 0 Å². The fraction of sp³-hybridized carbons (Fsp3) is 0.158. The standard InChI is InChI=1S/C19H19N3O4/c1-24-14-6-7-16(17(10-14)25-2)22-18-8-5-13(11-20-18)19(23)21-12-15-4-3-9-26-15/h3-11H,12H2,1-2H3,(H,20,22)(H,21,23). The Bertz CT molecular complexity index is 861. The van der Waals surface area contributed by atoms with E-state index in [9.17, 15) is 4.79 Å². The number of carbonyl (C=O) groups is 1. The highest BCUT2D eigenvalue weighted by Gasteiger charge is 2.09. The average Bonchev–Trinajstić information content (AvgIpc) is 3.20. The predicted octanol–water partition coefficient (Wildman–Crippen LogP) is 3.37. The molecule has 2 N–H and O–H groups in total. The molecule has 0 atom stereocenters. The third kappa shape index (κ3) is 4.13. The zero-order valence-corrected chi connectivity index (χ0v) is 14.5. The van der Waals surface area contributed by atoms with Crippen LogP contribution in [0.2, 0.25) is 0 Å². The number of anilines is 2. The van der Waals surface area contributed by atoms with E-state index in [-0.39, 0.29) is 5.91 Å². The Morgan fingerprint density at radius 3 is 2.69 bits per heavy atom. The van der Waals surface area contributed by atoms with Gasteiger partial charge in [0.25, 0.3) is 5.91 Å². The molecule has 0 aliphatic rings. The average molecular weight is 353 g/mol. The summed E-state index contributed by atoms with van der Waals surface area (Å²) in [7, 11) is 3.18. The monoisotopic (exact) mass is 353 g/mol. The lowest BCUT2D eigenvalue weighted by atomic mass is 10.2. The maximum Gasteiger partial charge on any atom is 0.253 e. The van der Waals surface area contributed by atoms with E-state index in [0.29, 0.717) is 35.2 Å². The molecule has 0 saturated heterocycles. The normalized spacial score (nSPS) is 10.2. The predicted molar refractivity (Wildman–Crippen MR) is 96.9 cm³/mol. The Hall–Kier alpha value is -3.48. The van der Waals surface area contributed by atoms with Gasteiger partial charge in [0.2, 0.25) is 0 Å². The highest BCUT2D eigenvalue weighted by Crippen LogP contribution is 2.30. The molecule has 0 unspecified atom stereocenters. The maximum absolute atomic E-state index is 12.1. The molecule has 0 spiro atoms. The Morgan fingerprint density at radius 2 is 2.04 bits per heavy atom. The van der Waals surface area contributed by atoms with E-state index in [1.807, 2.05) is 12.1 Å². The highest BCUT2D eigenvalue weighted by molar-refractivity contribution is 5.94. The quantitative estimate of drug-likeness (QED) is 0.677. The lowest BCUT2D eigenvalue weighted by molar-refractivity contribution is 0.0947. The molecule has 7 nitrogen and oxygen atoms in total. The number of hydrogen-bond acceptors (Lipinski definition) is 6. The molecule has 3 rings (SSSR count). The van der Waals surface area contributed by atoms with Crippen molar-refractivity contribution in [2.24, 2.45) is 0 Å². The smallest absolute Gasteiger partial charge is 0.253 e. The van der Waals surface area contributed by atoms with Crippen LogP contribution in [0.3, 0.4) is 0 Å². The summed E-state index contributed by atoms with van der Waals surface area (Å²) in [6.45, 7) is 0.328. The Balaban J connectivity index is 1.65. The molecule has 134 valence electrons. The van der Waals surface area contributed by atoms with E-state index in [1.54, 1.807) is 50.8 Å².